The average Bonchev–Trinajstić information content (AvgIpc) is 3.42. The Kier molecular flexibility index (Phi) is 5.03. The van der Waals surface area contributed by atoms with Gasteiger partial charge in [-0.3, -0.25) is 9.59 Å². The van der Waals surface area contributed by atoms with Crippen LogP contribution in [-0.2, 0) is 17.8 Å². The maximum absolute atomic E-state index is 13.9. The summed E-state index contributed by atoms with van der Waals surface area (Å²) in [6, 6.07) is 10.1. The van der Waals surface area contributed by atoms with Gasteiger partial charge in [-0.05, 0) is 60.6 Å². The van der Waals surface area contributed by atoms with Crippen molar-refractivity contribution in [2.45, 2.75) is 32.7 Å². The van der Waals surface area contributed by atoms with Gasteiger partial charge in [0.15, 0.2) is 0 Å². The number of anilines is 2. The molecule has 2 aromatic carbocycles. The van der Waals surface area contributed by atoms with E-state index in [1.165, 1.54) is 12.1 Å². The second-order valence-electron chi connectivity index (χ2n) is 7.71. The van der Waals surface area contributed by atoms with Crippen LogP contribution < -0.4 is 16.0 Å². The predicted octanol–water partition coefficient (Wildman–Crippen LogP) is 3.71. The van der Waals surface area contributed by atoms with Crippen LogP contribution in [0.4, 0.5) is 15.8 Å². The SMILES string of the molecule is C[C@@H]1C[C@H]1C(=O)NCc1cccc(NC(=O)c2cc(F)cc3c2NCCC3)c1. The third kappa shape index (κ3) is 4.01. The van der Waals surface area contributed by atoms with E-state index >= 15 is 0 Å². The molecule has 0 saturated heterocycles. The standard InChI is InChI=1S/C22H24FN3O2/c1-13-8-18(13)21(27)25-12-14-4-2-6-17(9-14)26-22(28)19-11-16(23)10-15-5-3-7-24-20(15)19/h2,4,6,9-11,13,18,24H,3,5,7-8,12H2,1H3,(H,25,27)(H,26,28)/t13-,18-/m1/s1. The fourth-order valence-electron chi connectivity index (χ4n) is 3.71. The first-order valence-electron chi connectivity index (χ1n) is 9.75. The van der Waals surface area contributed by atoms with Crippen molar-refractivity contribution in [1.29, 1.82) is 0 Å². The monoisotopic (exact) mass is 381 g/mol. The van der Waals surface area contributed by atoms with Crippen LogP contribution in [0.1, 0.15) is 41.3 Å². The van der Waals surface area contributed by atoms with E-state index in [-0.39, 0.29) is 17.7 Å². The summed E-state index contributed by atoms with van der Waals surface area (Å²) in [7, 11) is 0. The highest BCUT2D eigenvalue weighted by atomic mass is 19.1. The average molecular weight is 381 g/mol. The van der Waals surface area contributed by atoms with E-state index < -0.39 is 5.82 Å². The van der Waals surface area contributed by atoms with Gasteiger partial charge in [-0.15, -0.1) is 0 Å². The van der Waals surface area contributed by atoms with Gasteiger partial charge >= 0.3 is 0 Å². The number of fused-ring (bicyclic) bond motifs is 1. The molecule has 0 bridgehead atoms. The molecule has 3 N–H and O–H groups in total. The van der Waals surface area contributed by atoms with Gasteiger partial charge in [-0.1, -0.05) is 19.1 Å². The minimum atomic E-state index is -0.404. The molecule has 146 valence electrons. The zero-order valence-electron chi connectivity index (χ0n) is 15.8. The smallest absolute Gasteiger partial charge is 0.257 e. The van der Waals surface area contributed by atoms with E-state index in [4.69, 9.17) is 0 Å². The highest BCUT2D eigenvalue weighted by Crippen LogP contribution is 2.37. The number of carbonyl (C=O) groups excluding carboxylic acids is 2. The number of rotatable bonds is 5. The van der Waals surface area contributed by atoms with Crippen molar-refractivity contribution in [3.05, 3.63) is 58.9 Å². The molecular weight excluding hydrogens is 357 g/mol. The van der Waals surface area contributed by atoms with Gasteiger partial charge in [-0.2, -0.15) is 0 Å². The van der Waals surface area contributed by atoms with Crippen molar-refractivity contribution >= 4 is 23.2 Å². The largest absolute Gasteiger partial charge is 0.384 e. The number of halogens is 1. The molecule has 0 spiro atoms. The summed E-state index contributed by atoms with van der Waals surface area (Å²) in [5.41, 5.74) is 3.38. The lowest BCUT2D eigenvalue weighted by Gasteiger charge is -2.21. The minimum absolute atomic E-state index is 0.0828. The molecule has 6 heteroatoms. The lowest BCUT2D eigenvalue weighted by Crippen LogP contribution is -2.25. The molecule has 2 aliphatic rings. The minimum Gasteiger partial charge on any atom is -0.384 e. The van der Waals surface area contributed by atoms with Crippen molar-refractivity contribution in [3.8, 4) is 0 Å². The van der Waals surface area contributed by atoms with Gasteiger partial charge < -0.3 is 16.0 Å². The molecule has 4 rings (SSSR count). The molecule has 0 aromatic heterocycles. The molecule has 0 unspecified atom stereocenters. The quantitative estimate of drug-likeness (QED) is 0.739. The molecule has 5 nitrogen and oxygen atoms in total. The van der Waals surface area contributed by atoms with Gasteiger partial charge in [0.2, 0.25) is 5.91 Å². The van der Waals surface area contributed by atoms with Crippen LogP contribution in [0.3, 0.4) is 0 Å². The third-order valence-corrected chi connectivity index (χ3v) is 5.45. The van der Waals surface area contributed by atoms with Crippen molar-refractivity contribution in [3.63, 3.8) is 0 Å². The molecule has 1 fully saturated rings. The molecule has 1 aliphatic carbocycles. The number of carbonyl (C=O) groups is 2. The zero-order valence-corrected chi connectivity index (χ0v) is 15.8. The van der Waals surface area contributed by atoms with Crippen molar-refractivity contribution in [1.82, 2.24) is 5.32 Å². The number of hydrogen-bond donors (Lipinski definition) is 3. The van der Waals surface area contributed by atoms with Gasteiger partial charge in [0, 0.05) is 24.7 Å². The van der Waals surface area contributed by atoms with Gasteiger partial charge in [-0.25, -0.2) is 4.39 Å². The maximum Gasteiger partial charge on any atom is 0.257 e. The van der Waals surface area contributed by atoms with Gasteiger partial charge in [0.25, 0.3) is 5.91 Å². The molecule has 1 saturated carbocycles. The fraction of sp³-hybridized carbons (Fsp3) is 0.364. The second kappa shape index (κ2) is 7.62. The van der Waals surface area contributed by atoms with Crippen LogP contribution in [0.15, 0.2) is 36.4 Å². The van der Waals surface area contributed by atoms with E-state index in [2.05, 4.69) is 22.9 Å². The number of nitrogens with one attached hydrogen (secondary N) is 3. The Labute approximate surface area is 163 Å². The molecular formula is C22H24FN3O2. The molecule has 2 aromatic rings. The summed E-state index contributed by atoms with van der Waals surface area (Å²) < 4.78 is 13.9. The Hall–Kier alpha value is -2.89. The van der Waals surface area contributed by atoms with Crippen molar-refractivity contribution in [2.24, 2.45) is 11.8 Å². The number of benzene rings is 2. The van der Waals surface area contributed by atoms with Crippen LogP contribution in [0.5, 0.6) is 0 Å². The summed E-state index contributed by atoms with van der Waals surface area (Å²) in [6.07, 6.45) is 2.63. The Morgan fingerprint density at radius 1 is 1.25 bits per heavy atom. The zero-order chi connectivity index (χ0) is 19.7. The fourth-order valence-corrected chi connectivity index (χ4v) is 3.71. The highest BCUT2D eigenvalue weighted by Gasteiger charge is 2.38. The number of hydrogen-bond acceptors (Lipinski definition) is 3. The van der Waals surface area contributed by atoms with Crippen LogP contribution in [0, 0.1) is 17.7 Å². The van der Waals surface area contributed by atoms with E-state index in [0.717, 1.165) is 36.9 Å². The second-order valence-corrected chi connectivity index (χ2v) is 7.71. The van der Waals surface area contributed by atoms with Gasteiger partial charge in [0.05, 0.1) is 11.3 Å². The Bertz CT molecular complexity index is 928. The Morgan fingerprint density at radius 2 is 2.07 bits per heavy atom. The summed E-state index contributed by atoms with van der Waals surface area (Å²) in [6.45, 7) is 3.26. The molecule has 1 aliphatic heterocycles. The molecule has 0 radical (unpaired) electrons. The van der Waals surface area contributed by atoms with Crippen molar-refractivity contribution < 1.29 is 14.0 Å². The Balaban J connectivity index is 1.45. The molecule has 1 heterocycles. The lowest BCUT2D eigenvalue weighted by atomic mass is 9.98. The summed E-state index contributed by atoms with van der Waals surface area (Å²) in [5, 5.41) is 9.00. The Morgan fingerprint density at radius 3 is 2.86 bits per heavy atom. The number of aryl methyl sites for hydroxylation is 1. The normalized spacial score (nSPS) is 19.9. The first-order valence-corrected chi connectivity index (χ1v) is 9.75. The van der Waals surface area contributed by atoms with E-state index in [9.17, 15) is 14.0 Å². The molecule has 2 amide bonds. The topological polar surface area (TPSA) is 70.2 Å². The first-order chi connectivity index (χ1) is 13.5. The van der Waals surface area contributed by atoms with Crippen LogP contribution >= 0.6 is 0 Å². The number of amides is 2. The summed E-state index contributed by atoms with van der Waals surface area (Å²) in [5.74, 6) is -0.0677. The highest BCUT2D eigenvalue weighted by molar-refractivity contribution is 6.08. The molecule has 28 heavy (non-hydrogen) atoms. The van der Waals surface area contributed by atoms with Crippen LogP contribution in [0.25, 0.3) is 0 Å². The molecule has 2 atom stereocenters. The van der Waals surface area contributed by atoms with Crippen molar-refractivity contribution in [2.75, 3.05) is 17.2 Å². The lowest BCUT2D eigenvalue weighted by molar-refractivity contribution is -0.122. The third-order valence-electron chi connectivity index (χ3n) is 5.45. The predicted molar refractivity (Wildman–Crippen MR) is 107 cm³/mol. The van der Waals surface area contributed by atoms with Crippen LogP contribution in [-0.4, -0.2) is 18.4 Å². The first kappa shape index (κ1) is 18.5. The maximum atomic E-state index is 13.9. The summed E-state index contributed by atoms with van der Waals surface area (Å²) >= 11 is 0. The van der Waals surface area contributed by atoms with Gasteiger partial charge in [0.1, 0.15) is 5.82 Å². The van der Waals surface area contributed by atoms with E-state index in [1.54, 1.807) is 6.07 Å². The summed E-state index contributed by atoms with van der Waals surface area (Å²) in [4.78, 5) is 24.7. The van der Waals surface area contributed by atoms with E-state index in [1.807, 2.05) is 18.2 Å². The van der Waals surface area contributed by atoms with Crippen LogP contribution in [0.2, 0.25) is 0 Å². The van der Waals surface area contributed by atoms with E-state index in [0.29, 0.717) is 29.4 Å².